The highest BCUT2D eigenvalue weighted by Gasteiger charge is 2.29. The standard InChI is InChI=1S/C26H30N6O2/c1-16-17(2)32-22-15-19(11-10-18(22)14-23(32)25(34)27-16)24(33)29-26-28-20-8-5-6-9-21(20)31(26)13-7-12-30(3)4/h5-6,8-11,14-17H,7,12-13H2,1-4H3,(H,27,34)(H,28,29,33)/t16-,17-/m1/s1. The van der Waals surface area contributed by atoms with Crippen LogP contribution in [0, 0.1) is 0 Å². The number of nitrogens with one attached hydrogen (secondary N) is 2. The van der Waals surface area contributed by atoms with Gasteiger partial charge in [-0.3, -0.25) is 14.9 Å². The van der Waals surface area contributed by atoms with E-state index in [1.807, 2.05) is 54.0 Å². The Labute approximate surface area is 198 Å². The SMILES string of the molecule is C[C@@H]1[C@@H](C)NC(=O)c2cc3ccc(C(=O)Nc4nc5ccccc5n4CCCN(C)C)cc3n21. The normalized spacial score (nSPS) is 17.9. The Kier molecular flexibility index (Phi) is 5.61. The predicted molar refractivity (Wildman–Crippen MR) is 134 cm³/mol. The molecule has 0 radical (unpaired) electrons. The summed E-state index contributed by atoms with van der Waals surface area (Å²) < 4.78 is 4.11. The van der Waals surface area contributed by atoms with Gasteiger partial charge in [0.1, 0.15) is 5.69 Å². The first-order chi connectivity index (χ1) is 16.3. The topological polar surface area (TPSA) is 84.2 Å². The van der Waals surface area contributed by atoms with Gasteiger partial charge in [0.05, 0.1) is 17.1 Å². The third-order valence-corrected chi connectivity index (χ3v) is 6.69. The van der Waals surface area contributed by atoms with Crippen LogP contribution in [0.25, 0.3) is 21.9 Å². The minimum Gasteiger partial charge on any atom is -0.346 e. The van der Waals surface area contributed by atoms with E-state index in [0.717, 1.165) is 41.4 Å². The molecule has 2 aromatic carbocycles. The largest absolute Gasteiger partial charge is 0.346 e. The molecule has 1 aliphatic rings. The molecule has 2 amide bonds. The molecule has 8 nitrogen and oxygen atoms in total. The molecule has 0 fully saturated rings. The Hall–Kier alpha value is -3.65. The van der Waals surface area contributed by atoms with Crippen molar-refractivity contribution in [2.75, 3.05) is 26.0 Å². The van der Waals surface area contributed by atoms with Crippen molar-refractivity contribution in [3.05, 3.63) is 59.8 Å². The van der Waals surface area contributed by atoms with Crippen molar-refractivity contribution in [1.82, 2.24) is 24.3 Å². The van der Waals surface area contributed by atoms with Crippen molar-refractivity contribution in [3.8, 4) is 0 Å². The van der Waals surface area contributed by atoms with Gasteiger partial charge in [-0.15, -0.1) is 0 Å². The Bertz CT molecular complexity index is 1400. The van der Waals surface area contributed by atoms with Crippen LogP contribution in [0.2, 0.25) is 0 Å². The van der Waals surface area contributed by atoms with Crippen LogP contribution < -0.4 is 10.6 Å². The van der Waals surface area contributed by atoms with Crippen molar-refractivity contribution in [2.45, 2.75) is 38.9 Å². The Balaban J connectivity index is 1.48. The summed E-state index contributed by atoms with van der Waals surface area (Å²) in [5.74, 6) is 0.241. The molecule has 2 atom stereocenters. The number of carbonyl (C=O) groups excluding carboxylic acids is 2. The summed E-state index contributed by atoms with van der Waals surface area (Å²) in [5.41, 5.74) is 3.90. The van der Waals surface area contributed by atoms with Crippen LogP contribution in [-0.2, 0) is 6.54 Å². The number of benzene rings is 2. The maximum absolute atomic E-state index is 13.3. The molecule has 0 spiro atoms. The van der Waals surface area contributed by atoms with Crippen molar-refractivity contribution < 1.29 is 9.59 Å². The Morgan fingerprint density at radius 1 is 1.12 bits per heavy atom. The minimum absolute atomic E-state index is 0.00940. The minimum atomic E-state index is -0.220. The van der Waals surface area contributed by atoms with Gasteiger partial charge in [-0.05, 0) is 71.2 Å². The van der Waals surface area contributed by atoms with Crippen LogP contribution in [0.5, 0.6) is 0 Å². The van der Waals surface area contributed by atoms with E-state index in [4.69, 9.17) is 0 Å². The van der Waals surface area contributed by atoms with Gasteiger partial charge < -0.3 is 19.4 Å². The van der Waals surface area contributed by atoms with Crippen LogP contribution in [0.3, 0.4) is 0 Å². The van der Waals surface area contributed by atoms with Crippen molar-refractivity contribution in [3.63, 3.8) is 0 Å². The molecule has 176 valence electrons. The van der Waals surface area contributed by atoms with E-state index in [0.29, 0.717) is 17.2 Å². The van der Waals surface area contributed by atoms with E-state index in [1.54, 1.807) is 6.07 Å². The summed E-state index contributed by atoms with van der Waals surface area (Å²) in [6, 6.07) is 15.5. The molecule has 0 saturated carbocycles. The summed E-state index contributed by atoms with van der Waals surface area (Å²) >= 11 is 0. The highest BCUT2D eigenvalue weighted by atomic mass is 16.2. The predicted octanol–water partition coefficient (Wildman–Crippen LogP) is 3.89. The molecule has 3 heterocycles. The maximum Gasteiger partial charge on any atom is 0.268 e. The monoisotopic (exact) mass is 458 g/mol. The zero-order valence-electron chi connectivity index (χ0n) is 20.0. The van der Waals surface area contributed by atoms with Crippen LogP contribution in [0.15, 0.2) is 48.5 Å². The molecule has 4 aromatic rings. The van der Waals surface area contributed by atoms with E-state index in [1.165, 1.54) is 0 Å². The van der Waals surface area contributed by atoms with E-state index in [2.05, 4.69) is 46.1 Å². The number of aromatic nitrogens is 3. The Morgan fingerprint density at radius 3 is 2.71 bits per heavy atom. The molecule has 2 N–H and O–H groups in total. The number of nitrogens with zero attached hydrogens (tertiary/aromatic N) is 4. The molecule has 0 aliphatic carbocycles. The second-order valence-corrected chi connectivity index (χ2v) is 9.36. The number of hydrogen-bond donors (Lipinski definition) is 2. The summed E-state index contributed by atoms with van der Waals surface area (Å²) in [5, 5.41) is 6.98. The number of carbonyl (C=O) groups is 2. The molecule has 34 heavy (non-hydrogen) atoms. The average molecular weight is 459 g/mol. The van der Waals surface area contributed by atoms with E-state index >= 15 is 0 Å². The van der Waals surface area contributed by atoms with Crippen molar-refractivity contribution in [1.29, 1.82) is 0 Å². The zero-order chi connectivity index (χ0) is 24.0. The second kappa shape index (κ2) is 8.61. The fourth-order valence-corrected chi connectivity index (χ4v) is 4.72. The first-order valence-corrected chi connectivity index (χ1v) is 11.7. The van der Waals surface area contributed by atoms with Crippen molar-refractivity contribution in [2.24, 2.45) is 0 Å². The van der Waals surface area contributed by atoms with Gasteiger partial charge >= 0.3 is 0 Å². The van der Waals surface area contributed by atoms with Crippen LogP contribution in [-0.4, -0.2) is 57.5 Å². The zero-order valence-corrected chi connectivity index (χ0v) is 20.0. The fourth-order valence-electron chi connectivity index (χ4n) is 4.72. The van der Waals surface area contributed by atoms with Gasteiger partial charge in [-0.1, -0.05) is 18.2 Å². The summed E-state index contributed by atoms with van der Waals surface area (Å²) in [7, 11) is 4.10. The third kappa shape index (κ3) is 3.84. The van der Waals surface area contributed by atoms with Gasteiger partial charge in [0.15, 0.2) is 0 Å². The van der Waals surface area contributed by atoms with E-state index < -0.39 is 0 Å². The van der Waals surface area contributed by atoms with Crippen molar-refractivity contribution >= 4 is 39.7 Å². The molecular formula is C26H30N6O2. The first kappa shape index (κ1) is 22.2. The number of aryl methyl sites for hydroxylation is 1. The number of fused-ring (bicyclic) bond motifs is 4. The maximum atomic E-state index is 13.3. The number of imidazole rings is 1. The van der Waals surface area contributed by atoms with E-state index in [9.17, 15) is 9.59 Å². The number of hydrogen-bond acceptors (Lipinski definition) is 4. The molecule has 0 unspecified atom stereocenters. The molecule has 0 saturated heterocycles. The summed E-state index contributed by atoms with van der Waals surface area (Å²) in [4.78, 5) is 32.6. The molecular weight excluding hydrogens is 428 g/mol. The molecule has 2 aromatic heterocycles. The van der Waals surface area contributed by atoms with Gasteiger partial charge in [-0.2, -0.15) is 0 Å². The number of anilines is 1. The second-order valence-electron chi connectivity index (χ2n) is 9.36. The first-order valence-electron chi connectivity index (χ1n) is 11.7. The molecule has 8 heteroatoms. The van der Waals surface area contributed by atoms with Crippen LogP contribution in [0.4, 0.5) is 5.95 Å². The third-order valence-electron chi connectivity index (χ3n) is 6.69. The lowest BCUT2D eigenvalue weighted by molar-refractivity contribution is 0.0891. The Morgan fingerprint density at radius 2 is 1.91 bits per heavy atom. The fraction of sp³-hybridized carbons (Fsp3) is 0.346. The van der Waals surface area contributed by atoms with Crippen LogP contribution in [0.1, 0.15) is 47.2 Å². The number of para-hydroxylation sites is 2. The summed E-state index contributed by atoms with van der Waals surface area (Å²) in [6.45, 7) is 5.77. The lowest BCUT2D eigenvalue weighted by atomic mass is 10.1. The van der Waals surface area contributed by atoms with E-state index in [-0.39, 0.29) is 23.9 Å². The highest BCUT2D eigenvalue weighted by molar-refractivity contribution is 6.07. The van der Waals surface area contributed by atoms with Gasteiger partial charge in [0.25, 0.3) is 11.8 Å². The summed E-state index contributed by atoms with van der Waals surface area (Å²) in [6.07, 6.45) is 0.941. The van der Waals surface area contributed by atoms with Gasteiger partial charge in [0.2, 0.25) is 5.95 Å². The van der Waals surface area contributed by atoms with Crippen LogP contribution >= 0.6 is 0 Å². The smallest absolute Gasteiger partial charge is 0.268 e. The average Bonchev–Trinajstić information content (AvgIpc) is 3.36. The number of rotatable bonds is 6. The lowest BCUT2D eigenvalue weighted by Crippen LogP contribution is -2.44. The highest BCUT2D eigenvalue weighted by Crippen LogP contribution is 2.30. The lowest BCUT2D eigenvalue weighted by Gasteiger charge is -2.30. The molecule has 0 bridgehead atoms. The quantitative estimate of drug-likeness (QED) is 0.459. The van der Waals surface area contributed by atoms with Gasteiger partial charge in [-0.25, -0.2) is 4.98 Å². The molecule has 5 rings (SSSR count). The molecule has 1 aliphatic heterocycles. The number of amides is 2. The van der Waals surface area contributed by atoms with Gasteiger partial charge in [0, 0.05) is 29.1 Å².